The highest BCUT2D eigenvalue weighted by Crippen LogP contribution is 2.53. The molecule has 1 fully saturated rings. The molecule has 162 valence electrons. The lowest BCUT2D eigenvalue weighted by atomic mass is 9.91. The number of primary amides is 1. The average Bonchev–Trinajstić information content (AvgIpc) is 3.55. The van der Waals surface area contributed by atoms with Crippen molar-refractivity contribution < 1.29 is 9.18 Å². The molecule has 5 aromatic rings. The molecule has 0 spiro atoms. The van der Waals surface area contributed by atoms with E-state index in [1.165, 1.54) is 11.6 Å². The third-order valence-corrected chi connectivity index (χ3v) is 6.44. The number of carbonyl (C=O) groups excluding carboxylic acids is 1. The van der Waals surface area contributed by atoms with Crippen LogP contribution >= 0.6 is 0 Å². The minimum Gasteiger partial charge on any atom is -0.366 e. The number of hydrogen-bond acceptors (Lipinski definition) is 5. The van der Waals surface area contributed by atoms with Crippen LogP contribution in [0.4, 0.5) is 4.39 Å². The van der Waals surface area contributed by atoms with Gasteiger partial charge in [0.2, 0.25) is 5.91 Å². The average molecular weight is 438 g/mol. The molecule has 1 saturated carbocycles. The quantitative estimate of drug-likeness (QED) is 0.447. The van der Waals surface area contributed by atoms with Gasteiger partial charge in [0, 0.05) is 28.1 Å². The lowest BCUT2D eigenvalue weighted by molar-refractivity contribution is 0.0998. The van der Waals surface area contributed by atoms with Crippen molar-refractivity contribution in [3.8, 4) is 11.3 Å². The lowest BCUT2D eigenvalue weighted by Crippen LogP contribution is -2.14. The molecule has 0 radical (unpaired) electrons. The van der Waals surface area contributed by atoms with Crippen LogP contribution in [0.5, 0.6) is 0 Å². The second-order valence-electron chi connectivity index (χ2n) is 8.36. The minimum absolute atomic E-state index is 0.168. The zero-order valence-corrected chi connectivity index (χ0v) is 17.6. The molecular formula is C25H19FN6O. The van der Waals surface area contributed by atoms with E-state index in [1.807, 2.05) is 18.3 Å². The van der Waals surface area contributed by atoms with Crippen molar-refractivity contribution >= 4 is 22.6 Å². The number of nitrogens with zero attached hydrogens (tertiary/aromatic N) is 5. The Morgan fingerprint density at radius 3 is 2.70 bits per heavy atom. The summed E-state index contributed by atoms with van der Waals surface area (Å²) in [4.78, 5) is 24.9. The molecule has 7 nitrogen and oxygen atoms in total. The van der Waals surface area contributed by atoms with Crippen LogP contribution in [0.15, 0.2) is 67.1 Å². The van der Waals surface area contributed by atoms with Gasteiger partial charge in [0.05, 0.1) is 23.6 Å². The first kappa shape index (κ1) is 19.5. The van der Waals surface area contributed by atoms with Gasteiger partial charge in [0.1, 0.15) is 12.4 Å². The normalized spacial score (nSPS) is 14.6. The zero-order valence-electron chi connectivity index (χ0n) is 17.6. The maximum Gasteiger partial charge on any atom is 0.250 e. The highest BCUT2D eigenvalue weighted by Gasteiger charge is 2.48. The van der Waals surface area contributed by atoms with Gasteiger partial charge >= 0.3 is 0 Å². The summed E-state index contributed by atoms with van der Waals surface area (Å²) in [6, 6.07) is 15.2. The van der Waals surface area contributed by atoms with E-state index in [9.17, 15) is 9.18 Å². The molecule has 6 rings (SSSR count). The number of alkyl halides is 1. The molecule has 33 heavy (non-hydrogen) atoms. The van der Waals surface area contributed by atoms with E-state index in [0.29, 0.717) is 17.0 Å². The van der Waals surface area contributed by atoms with Gasteiger partial charge in [-0.3, -0.25) is 9.78 Å². The lowest BCUT2D eigenvalue weighted by Gasteiger charge is -2.16. The Bertz CT molecular complexity index is 1560. The Morgan fingerprint density at radius 1 is 1.06 bits per heavy atom. The SMILES string of the molecule is NC(=O)c1ccc(-c2cnc3ncc(C4(c5ccc6ncccc6c5)CC4)n3n2)cc1CF. The van der Waals surface area contributed by atoms with E-state index in [-0.39, 0.29) is 16.5 Å². The van der Waals surface area contributed by atoms with E-state index in [0.717, 1.165) is 29.4 Å². The first-order chi connectivity index (χ1) is 16.1. The van der Waals surface area contributed by atoms with Gasteiger partial charge in [-0.25, -0.2) is 14.4 Å². The van der Waals surface area contributed by atoms with Crippen LogP contribution in [-0.4, -0.2) is 30.5 Å². The fraction of sp³-hybridized carbons (Fsp3) is 0.160. The van der Waals surface area contributed by atoms with Crippen LogP contribution in [0.2, 0.25) is 0 Å². The van der Waals surface area contributed by atoms with Crippen LogP contribution in [0.1, 0.15) is 40.0 Å². The Kier molecular flexibility index (Phi) is 4.23. The van der Waals surface area contributed by atoms with Crippen molar-refractivity contribution in [2.45, 2.75) is 24.9 Å². The second-order valence-corrected chi connectivity index (χ2v) is 8.36. The van der Waals surface area contributed by atoms with Crippen molar-refractivity contribution in [3.05, 3.63) is 89.5 Å². The topological polar surface area (TPSA) is 99.1 Å². The van der Waals surface area contributed by atoms with Crippen molar-refractivity contribution in [2.24, 2.45) is 5.73 Å². The molecule has 3 heterocycles. The summed E-state index contributed by atoms with van der Waals surface area (Å²) in [6.07, 6.45) is 7.20. The fourth-order valence-corrected chi connectivity index (χ4v) is 4.53. The van der Waals surface area contributed by atoms with Crippen LogP contribution in [-0.2, 0) is 12.1 Å². The fourth-order valence-electron chi connectivity index (χ4n) is 4.53. The summed E-state index contributed by atoms with van der Waals surface area (Å²) < 4.78 is 15.3. The summed E-state index contributed by atoms with van der Waals surface area (Å²) in [7, 11) is 0. The van der Waals surface area contributed by atoms with Crippen molar-refractivity contribution in [3.63, 3.8) is 0 Å². The third-order valence-electron chi connectivity index (χ3n) is 6.44. The standard InChI is InChI=1S/C25H19FN6O/c26-12-17-10-16(3-5-19(17)23(27)33)21-13-29-24-30-14-22(32(24)31-21)25(7-8-25)18-4-6-20-15(11-18)2-1-9-28-20/h1-6,9-11,13-14H,7-8,12H2,(H2,27,33). The molecule has 1 aliphatic rings. The van der Waals surface area contributed by atoms with Crippen LogP contribution in [0, 0.1) is 0 Å². The third kappa shape index (κ3) is 3.06. The Labute approximate surface area is 188 Å². The first-order valence-corrected chi connectivity index (χ1v) is 10.6. The molecule has 2 aromatic carbocycles. The van der Waals surface area contributed by atoms with Crippen LogP contribution < -0.4 is 5.73 Å². The highest BCUT2D eigenvalue weighted by molar-refractivity contribution is 5.95. The number of hydrogen-bond donors (Lipinski definition) is 1. The van der Waals surface area contributed by atoms with Crippen molar-refractivity contribution in [1.82, 2.24) is 24.6 Å². The number of fused-ring (bicyclic) bond motifs is 2. The molecular weight excluding hydrogens is 419 g/mol. The monoisotopic (exact) mass is 438 g/mol. The zero-order chi connectivity index (χ0) is 22.6. The number of nitrogens with two attached hydrogens (primary N) is 1. The summed E-state index contributed by atoms with van der Waals surface area (Å²) in [5, 5.41) is 5.88. The van der Waals surface area contributed by atoms with E-state index in [1.54, 1.807) is 29.0 Å². The van der Waals surface area contributed by atoms with Gasteiger partial charge in [-0.1, -0.05) is 18.2 Å². The van der Waals surface area contributed by atoms with Gasteiger partial charge in [-0.15, -0.1) is 0 Å². The molecule has 2 N–H and O–H groups in total. The summed E-state index contributed by atoms with van der Waals surface area (Å²) in [5.74, 6) is -0.157. The number of benzene rings is 2. The maximum absolute atomic E-state index is 13.5. The van der Waals surface area contributed by atoms with Crippen LogP contribution in [0.3, 0.4) is 0 Å². The number of carbonyl (C=O) groups is 1. The number of pyridine rings is 1. The minimum atomic E-state index is -0.794. The number of halogens is 1. The molecule has 0 aliphatic heterocycles. The number of rotatable bonds is 5. The van der Waals surface area contributed by atoms with Crippen LogP contribution in [0.25, 0.3) is 27.9 Å². The number of aromatic nitrogens is 5. The van der Waals surface area contributed by atoms with E-state index < -0.39 is 12.6 Å². The molecule has 0 bridgehead atoms. The summed E-state index contributed by atoms with van der Waals surface area (Å²) >= 11 is 0. The highest BCUT2D eigenvalue weighted by atomic mass is 19.1. The van der Waals surface area contributed by atoms with Gasteiger partial charge in [-0.2, -0.15) is 9.61 Å². The number of imidazole rings is 1. The van der Waals surface area contributed by atoms with E-state index >= 15 is 0 Å². The van der Waals surface area contributed by atoms with Crippen molar-refractivity contribution in [2.75, 3.05) is 0 Å². The molecule has 1 aliphatic carbocycles. The molecule has 0 unspecified atom stereocenters. The molecule has 3 aromatic heterocycles. The first-order valence-electron chi connectivity index (χ1n) is 10.6. The van der Waals surface area contributed by atoms with E-state index in [2.05, 4.69) is 33.2 Å². The van der Waals surface area contributed by atoms with Gasteiger partial charge in [-0.05, 0) is 54.3 Å². The molecule has 1 amide bonds. The maximum atomic E-state index is 13.5. The predicted molar refractivity (Wildman–Crippen MR) is 121 cm³/mol. The molecule has 0 atom stereocenters. The number of amides is 1. The second kappa shape index (κ2) is 7.16. The van der Waals surface area contributed by atoms with Gasteiger partial charge in [0.25, 0.3) is 5.78 Å². The van der Waals surface area contributed by atoms with Gasteiger partial charge < -0.3 is 5.73 Å². The predicted octanol–water partition coefficient (Wildman–Crippen LogP) is 3.99. The van der Waals surface area contributed by atoms with E-state index in [4.69, 9.17) is 10.8 Å². The van der Waals surface area contributed by atoms with Gasteiger partial charge in [0.15, 0.2) is 0 Å². The largest absolute Gasteiger partial charge is 0.366 e. The smallest absolute Gasteiger partial charge is 0.250 e. The summed E-state index contributed by atoms with van der Waals surface area (Å²) in [5.41, 5.74) is 9.91. The molecule has 0 saturated heterocycles. The van der Waals surface area contributed by atoms with Crippen molar-refractivity contribution in [1.29, 1.82) is 0 Å². The summed E-state index contributed by atoms with van der Waals surface area (Å²) in [6.45, 7) is -0.794. The Morgan fingerprint density at radius 2 is 1.91 bits per heavy atom. The Balaban J connectivity index is 1.46. The Hall–Kier alpha value is -4.20. The molecule has 8 heteroatoms.